The van der Waals surface area contributed by atoms with E-state index in [1.807, 2.05) is 25.4 Å². The minimum Gasteiger partial charge on any atom is -0.317 e. The van der Waals surface area contributed by atoms with Gasteiger partial charge in [0, 0.05) is 29.1 Å². The van der Waals surface area contributed by atoms with Crippen molar-refractivity contribution in [1.29, 1.82) is 0 Å². The van der Waals surface area contributed by atoms with Crippen LogP contribution in [0.1, 0.15) is 24.1 Å². The van der Waals surface area contributed by atoms with Crippen LogP contribution in [0.2, 0.25) is 0 Å². The normalized spacial score (nSPS) is 20.5. The van der Waals surface area contributed by atoms with Gasteiger partial charge in [0.15, 0.2) is 0 Å². The number of hydrogen-bond donors (Lipinski definition) is 1. The maximum Gasteiger partial charge on any atom is 0.0553 e. The van der Waals surface area contributed by atoms with Gasteiger partial charge in [0.05, 0.1) is 12.8 Å². The lowest BCUT2D eigenvalue weighted by atomic mass is 10.0. The highest BCUT2D eigenvalue weighted by molar-refractivity contribution is 6.10. The van der Waals surface area contributed by atoms with E-state index < -0.39 is 0 Å². The molecular weight excluding hydrogens is 236 g/mol. The van der Waals surface area contributed by atoms with Crippen LogP contribution in [0.3, 0.4) is 0 Å². The van der Waals surface area contributed by atoms with Gasteiger partial charge in [-0.15, -0.1) is 0 Å². The second kappa shape index (κ2) is 5.53. The zero-order valence-electron chi connectivity index (χ0n) is 11.3. The zero-order chi connectivity index (χ0) is 13.1. The molecule has 3 rings (SSSR count). The van der Waals surface area contributed by atoms with Crippen LogP contribution in [0, 0.1) is 6.92 Å². The van der Waals surface area contributed by atoms with Gasteiger partial charge in [-0.25, -0.2) is 0 Å². The third kappa shape index (κ3) is 2.84. The van der Waals surface area contributed by atoms with Gasteiger partial charge in [-0.2, -0.15) is 5.10 Å². The van der Waals surface area contributed by atoms with E-state index >= 15 is 0 Å². The van der Waals surface area contributed by atoms with Gasteiger partial charge in [-0.05, 0) is 38.9 Å². The first-order chi connectivity index (χ1) is 9.33. The average Bonchev–Trinajstić information content (AvgIpc) is 2.49. The minimum absolute atomic E-state index is 0.589. The molecule has 3 heterocycles. The van der Waals surface area contributed by atoms with E-state index in [0.29, 0.717) is 6.04 Å². The van der Waals surface area contributed by atoms with E-state index in [1.54, 1.807) is 0 Å². The fraction of sp³-hybridized carbons (Fsp3) is 0.467. The Morgan fingerprint density at radius 3 is 2.74 bits per heavy atom. The summed E-state index contributed by atoms with van der Waals surface area (Å²) >= 11 is 0. The van der Waals surface area contributed by atoms with Gasteiger partial charge in [0.1, 0.15) is 0 Å². The zero-order valence-corrected chi connectivity index (χ0v) is 11.3. The van der Waals surface area contributed by atoms with Gasteiger partial charge in [-0.3, -0.25) is 9.99 Å². The third-order valence-corrected chi connectivity index (χ3v) is 3.82. The van der Waals surface area contributed by atoms with E-state index in [2.05, 4.69) is 32.6 Å². The Labute approximate surface area is 114 Å². The molecule has 1 saturated heterocycles. The Bertz CT molecular complexity index is 483. The van der Waals surface area contributed by atoms with Crippen molar-refractivity contribution >= 4 is 11.8 Å². The molecule has 0 aromatic carbocycles. The highest BCUT2D eigenvalue weighted by Gasteiger charge is 2.20. The van der Waals surface area contributed by atoms with E-state index in [9.17, 15) is 0 Å². The summed E-state index contributed by atoms with van der Waals surface area (Å²) in [5, 5.41) is 10.2. The molecule has 1 aromatic heterocycles. The molecule has 19 heavy (non-hydrogen) atoms. The standard InChI is InChI=1S/C15H20N4/c1-12-2-3-13(10-17-12)14-6-9-19(18-11-14)15-4-7-16-8-5-15/h2-3,6,10-11,15-16H,4-5,7-9H2,1H3. The molecule has 1 N–H and O–H groups in total. The monoisotopic (exact) mass is 256 g/mol. The number of pyridine rings is 1. The van der Waals surface area contributed by atoms with E-state index in [-0.39, 0.29) is 0 Å². The molecule has 0 spiro atoms. The topological polar surface area (TPSA) is 40.5 Å². The van der Waals surface area contributed by atoms with E-state index in [0.717, 1.165) is 30.9 Å². The summed E-state index contributed by atoms with van der Waals surface area (Å²) < 4.78 is 0. The molecule has 4 heteroatoms. The van der Waals surface area contributed by atoms with Gasteiger partial charge in [0.2, 0.25) is 0 Å². The van der Waals surface area contributed by atoms with Crippen molar-refractivity contribution in [2.45, 2.75) is 25.8 Å². The Morgan fingerprint density at radius 2 is 2.11 bits per heavy atom. The SMILES string of the molecule is Cc1ccc(C2=CCN(C3CCNCC3)N=C2)cn1. The van der Waals surface area contributed by atoms with Crippen LogP contribution < -0.4 is 5.32 Å². The number of aromatic nitrogens is 1. The van der Waals surface area contributed by atoms with Crippen molar-refractivity contribution in [1.82, 2.24) is 15.3 Å². The number of hydrazone groups is 1. The molecule has 0 atom stereocenters. The van der Waals surface area contributed by atoms with Gasteiger partial charge in [-0.1, -0.05) is 12.1 Å². The first-order valence-corrected chi connectivity index (χ1v) is 6.97. The van der Waals surface area contributed by atoms with Crippen LogP contribution in [0.5, 0.6) is 0 Å². The predicted molar refractivity (Wildman–Crippen MR) is 78.0 cm³/mol. The van der Waals surface area contributed by atoms with Crippen molar-refractivity contribution in [3.05, 3.63) is 35.7 Å². The van der Waals surface area contributed by atoms with Crippen LogP contribution in [0.25, 0.3) is 5.57 Å². The number of hydrogen-bond acceptors (Lipinski definition) is 4. The van der Waals surface area contributed by atoms with Crippen LogP contribution in [-0.4, -0.2) is 41.9 Å². The molecule has 1 fully saturated rings. The highest BCUT2D eigenvalue weighted by atomic mass is 15.5. The number of nitrogens with one attached hydrogen (secondary N) is 1. The first kappa shape index (κ1) is 12.4. The molecule has 2 aliphatic heterocycles. The molecule has 0 unspecified atom stereocenters. The summed E-state index contributed by atoms with van der Waals surface area (Å²) in [6.07, 6.45) is 8.52. The fourth-order valence-electron chi connectivity index (χ4n) is 2.61. The summed E-state index contributed by atoms with van der Waals surface area (Å²) in [4.78, 5) is 4.34. The quantitative estimate of drug-likeness (QED) is 0.877. The maximum atomic E-state index is 4.62. The van der Waals surface area contributed by atoms with Crippen molar-refractivity contribution in [3.63, 3.8) is 0 Å². The summed E-state index contributed by atoms with van der Waals surface area (Å²) in [6.45, 7) is 5.13. The van der Waals surface area contributed by atoms with Crippen molar-refractivity contribution in [2.75, 3.05) is 19.6 Å². The first-order valence-electron chi connectivity index (χ1n) is 6.97. The summed E-state index contributed by atoms with van der Waals surface area (Å²) in [5.41, 5.74) is 3.38. The van der Waals surface area contributed by atoms with Crippen molar-refractivity contribution in [2.24, 2.45) is 5.10 Å². The summed E-state index contributed by atoms with van der Waals surface area (Å²) in [7, 11) is 0. The number of aryl methyl sites for hydroxylation is 1. The maximum absolute atomic E-state index is 4.62. The number of piperidine rings is 1. The lowest BCUT2D eigenvalue weighted by molar-refractivity contribution is 0.186. The molecule has 0 bridgehead atoms. The molecule has 0 saturated carbocycles. The molecule has 0 aliphatic carbocycles. The second-order valence-electron chi connectivity index (χ2n) is 5.20. The number of allylic oxidation sites excluding steroid dienone is 1. The lowest BCUT2D eigenvalue weighted by Crippen LogP contribution is -2.41. The Hall–Kier alpha value is -1.68. The Morgan fingerprint density at radius 1 is 1.26 bits per heavy atom. The van der Waals surface area contributed by atoms with Crippen LogP contribution in [0.15, 0.2) is 29.5 Å². The Balaban J connectivity index is 1.67. The minimum atomic E-state index is 0.589. The average molecular weight is 256 g/mol. The smallest absolute Gasteiger partial charge is 0.0553 e. The highest BCUT2D eigenvalue weighted by Crippen LogP contribution is 2.19. The molecule has 0 amide bonds. The molecule has 2 aliphatic rings. The predicted octanol–water partition coefficient (Wildman–Crippen LogP) is 1.83. The largest absolute Gasteiger partial charge is 0.317 e. The van der Waals surface area contributed by atoms with Crippen molar-refractivity contribution in [3.8, 4) is 0 Å². The van der Waals surface area contributed by atoms with Crippen LogP contribution >= 0.6 is 0 Å². The molecular formula is C15H20N4. The summed E-state index contributed by atoms with van der Waals surface area (Å²) in [5.74, 6) is 0. The van der Waals surface area contributed by atoms with Crippen LogP contribution in [-0.2, 0) is 0 Å². The van der Waals surface area contributed by atoms with E-state index in [4.69, 9.17) is 0 Å². The second-order valence-corrected chi connectivity index (χ2v) is 5.20. The van der Waals surface area contributed by atoms with E-state index in [1.165, 1.54) is 18.4 Å². The molecule has 1 aromatic rings. The molecule has 0 radical (unpaired) electrons. The number of rotatable bonds is 2. The van der Waals surface area contributed by atoms with Gasteiger partial charge >= 0.3 is 0 Å². The summed E-state index contributed by atoms with van der Waals surface area (Å²) in [6, 6.07) is 4.75. The Kier molecular flexibility index (Phi) is 3.60. The number of nitrogens with zero attached hydrogens (tertiary/aromatic N) is 3. The van der Waals surface area contributed by atoms with Gasteiger partial charge < -0.3 is 5.32 Å². The lowest BCUT2D eigenvalue weighted by Gasteiger charge is -2.33. The molecule has 100 valence electrons. The van der Waals surface area contributed by atoms with Crippen LogP contribution in [0.4, 0.5) is 0 Å². The fourth-order valence-corrected chi connectivity index (χ4v) is 2.61. The van der Waals surface area contributed by atoms with Gasteiger partial charge in [0.25, 0.3) is 0 Å². The third-order valence-electron chi connectivity index (χ3n) is 3.82. The molecule has 4 nitrogen and oxygen atoms in total. The van der Waals surface area contributed by atoms with Crippen molar-refractivity contribution < 1.29 is 0 Å².